The zero-order valence-electron chi connectivity index (χ0n) is 6.46. The summed E-state index contributed by atoms with van der Waals surface area (Å²) in [6, 6.07) is 7.08. The molecule has 0 radical (unpaired) electrons. The molecule has 1 N–H and O–H groups in total. The average molecular weight is 148 g/mol. The van der Waals surface area contributed by atoms with Gasteiger partial charge in [0.2, 0.25) is 0 Å². The average Bonchev–Trinajstić information content (AvgIpc) is 2.09. The fourth-order valence-electron chi connectivity index (χ4n) is 0.660. The van der Waals surface area contributed by atoms with E-state index in [9.17, 15) is 0 Å². The molecule has 0 saturated carbocycles. The molecule has 1 nitrogen and oxygen atoms in total. The van der Waals surface area contributed by atoms with Crippen LogP contribution in [0.2, 0.25) is 0 Å². The van der Waals surface area contributed by atoms with Gasteiger partial charge in [0, 0.05) is 5.56 Å². The van der Waals surface area contributed by atoms with Crippen LogP contribution in [0.1, 0.15) is 5.56 Å². The molecule has 0 unspecified atom stereocenters. The normalized spacial score (nSPS) is 7.64. The molecule has 0 fully saturated rings. The molecule has 1 aromatic carbocycles. The van der Waals surface area contributed by atoms with Crippen molar-refractivity contribution in [3.05, 3.63) is 49.6 Å². The zero-order valence-corrected chi connectivity index (χ0v) is 6.46. The van der Waals surface area contributed by atoms with Gasteiger partial charge in [0.05, 0.1) is 0 Å². The fourth-order valence-corrected chi connectivity index (χ4v) is 0.660. The van der Waals surface area contributed by atoms with Crippen molar-refractivity contribution in [3.63, 3.8) is 0 Å². The SMILES string of the molecule is C=C.C=Cc1ccccc1O. The molecule has 0 aromatic heterocycles. The van der Waals surface area contributed by atoms with E-state index in [2.05, 4.69) is 19.7 Å². The Morgan fingerprint density at radius 1 is 1.18 bits per heavy atom. The molecule has 11 heavy (non-hydrogen) atoms. The van der Waals surface area contributed by atoms with Crippen molar-refractivity contribution >= 4 is 6.08 Å². The Kier molecular flexibility index (Phi) is 4.58. The first-order chi connectivity index (χ1) is 5.34. The van der Waals surface area contributed by atoms with Gasteiger partial charge in [0.15, 0.2) is 0 Å². The third kappa shape index (κ3) is 2.72. The van der Waals surface area contributed by atoms with Crippen LogP contribution < -0.4 is 0 Å². The molecule has 0 spiro atoms. The van der Waals surface area contributed by atoms with E-state index in [1.807, 2.05) is 12.1 Å². The topological polar surface area (TPSA) is 20.2 Å². The summed E-state index contributed by atoms with van der Waals surface area (Å²) in [5.74, 6) is 0.285. The van der Waals surface area contributed by atoms with Gasteiger partial charge in [0.1, 0.15) is 5.75 Å². The molecule has 0 aliphatic heterocycles. The highest BCUT2D eigenvalue weighted by Crippen LogP contribution is 2.15. The van der Waals surface area contributed by atoms with Gasteiger partial charge in [-0.15, -0.1) is 13.2 Å². The molecule has 1 rings (SSSR count). The predicted molar refractivity (Wildman–Crippen MR) is 49.5 cm³/mol. The summed E-state index contributed by atoms with van der Waals surface area (Å²) in [6.45, 7) is 9.53. The molecule has 1 aromatic rings. The van der Waals surface area contributed by atoms with E-state index in [-0.39, 0.29) is 5.75 Å². The molecular formula is C10H12O. The van der Waals surface area contributed by atoms with Crippen LogP contribution >= 0.6 is 0 Å². The van der Waals surface area contributed by atoms with Crippen LogP contribution in [0.5, 0.6) is 5.75 Å². The Balaban J connectivity index is 0.000000461. The van der Waals surface area contributed by atoms with Crippen LogP contribution in [0.25, 0.3) is 6.08 Å². The first-order valence-corrected chi connectivity index (χ1v) is 3.25. The van der Waals surface area contributed by atoms with Crippen molar-refractivity contribution in [1.29, 1.82) is 0 Å². The summed E-state index contributed by atoms with van der Waals surface area (Å²) in [5.41, 5.74) is 0.775. The molecule has 0 bridgehead atoms. The van der Waals surface area contributed by atoms with Crippen LogP contribution in [-0.2, 0) is 0 Å². The van der Waals surface area contributed by atoms with Crippen LogP contribution in [-0.4, -0.2) is 5.11 Å². The molecule has 0 aliphatic rings. The molecule has 58 valence electrons. The van der Waals surface area contributed by atoms with Gasteiger partial charge in [-0.3, -0.25) is 0 Å². The molecule has 0 amide bonds. The number of phenolic OH excluding ortho intramolecular Hbond substituents is 1. The maximum Gasteiger partial charge on any atom is 0.122 e. The molecule has 0 saturated heterocycles. The number of para-hydroxylation sites is 1. The highest BCUT2D eigenvalue weighted by Gasteiger charge is 1.89. The summed E-state index contributed by atoms with van der Waals surface area (Å²) >= 11 is 0. The minimum absolute atomic E-state index is 0.285. The molecule has 0 atom stereocenters. The van der Waals surface area contributed by atoms with Gasteiger partial charge in [-0.2, -0.15) is 0 Å². The molecule has 0 aliphatic carbocycles. The number of benzene rings is 1. The Bertz CT molecular complexity index is 228. The first-order valence-electron chi connectivity index (χ1n) is 3.25. The van der Waals surface area contributed by atoms with Gasteiger partial charge in [-0.25, -0.2) is 0 Å². The summed E-state index contributed by atoms with van der Waals surface area (Å²) in [5, 5.41) is 9.04. The highest BCUT2D eigenvalue weighted by atomic mass is 16.3. The Morgan fingerprint density at radius 3 is 2.09 bits per heavy atom. The van der Waals surface area contributed by atoms with E-state index < -0.39 is 0 Å². The van der Waals surface area contributed by atoms with Crippen LogP contribution in [0.3, 0.4) is 0 Å². The van der Waals surface area contributed by atoms with Gasteiger partial charge >= 0.3 is 0 Å². The third-order valence-corrected chi connectivity index (χ3v) is 1.16. The largest absolute Gasteiger partial charge is 0.507 e. The maximum absolute atomic E-state index is 9.04. The van der Waals surface area contributed by atoms with Crippen molar-refractivity contribution in [3.8, 4) is 5.75 Å². The highest BCUT2D eigenvalue weighted by molar-refractivity contribution is 5.54. The van der Waals surface area contributed by atoms with E-state index in [1.54, 1.807) is 18.2 Å². The van der Waals surface area contributed by atoms with Gasteiger partial charge in [0.25, 0.3) is 0 Å². The Labute approximate surface area is 67.3 Å². The van der Waals surface area contributed by atoms with Crippen LogP contribution in [0, 0.1) is 0 Å². The van der Waals surface area contributed by atoms with Gasteiger partial charge in [-0.1, -0.05) is 30.9 Å². The van der Waals surface area contributed by atoms with E-state index in [0.717, 1.165) is 5.56 Å². The minimum atomic E-state index is 0.285. The van der Waals surface area contributed by atoms with Crippen molar-refractivity contribution < 1.29 is 5.11 Å². The lowest BCUT2D eigenvalue weighted by atomic mass is 10.2. The maximum atomic E-state index is 9.04. The second kappa shape index (κ2) is 5.30. The van der Waals surface area contributed by atoms with E-state index >= 15 is 0 Å². The van der Waals surface area contributed by atoms with Gasteiger partial charge < -0.3 is 5.11 Å². The number of phenols is 1. The van der Waals surface area contributed by atoms with E-state index in [0.29, 0.717) is 0 Å². The van der Waals surface area contributed by atoms with Crippen molar-refractivity contribution in [2.45, 2.75) is 0 Å². The number of hydrogen-bond donors (Lipinski definition) is 1. The number of aromatic hydroxyl groups is 1. The summed E-state index contributed by atoms with van der Waals surface area (Å²) in [4.78, 5) is 0. The lowest BCUT2D eigenvalue weighted by Crippen LogP contribution is -1.69. The monoisotopic (exact) mass is 148 g/mol. The molecular weight excluding hydrogens is 136 g/mol. The quantitative estimate of drug-likeness (QED) is 0.607. The standard InChI is InChI=1S/C8H8O.C2H4/c1-2-7-5-3-4-6-8(7)9;1-2/h2-6,9H,1H2;1-2H2. The van der Waals surface area contributed by atoms with Crippen molar-refractivity contribution in [2.24, 2.45) is 0 Å². The minimum Gasteiger partial charge on any atom is -0.507 e. The first kappa shape index (κ1) is 9.50. The Hall–Kier alpha value is -1.50. The fraction of sp³-hybridized carbons (Fsp3) is 0. The summed E-state index contributed by atoms with van der Waals surface area (Å²) < 4.78 is 0. The lowest BCUT2D eigenvalue weighted by molar-refractivity contribution is 0.474. The van der Waals surface area contributed by atoms with Crippen molar-refractivity contribution in [2.75, 3.05) is 0 Å². The second-order valence-corrected chi connectivity index (χ2v) is 1.76. The van der Waals surface area contributed by atoms with Crippen molar-refractivity contribution in [1.82, 2.24) is 0 Å². The zero-order chi connectivity index (χ0) is 8.69. The Morgan fingerprint density at radius 2 is 1.73 bits per heavy atom. The third-order valence-electron chi connectivity index (χ3n) is 1.16. The number of hydrogen-bond acceptors (Lipinski definition) is 1. The summed E-state index contributed by atoms with van der Waals surface area (Å²) in [6.07, 6.45) is 1.62. The predicted octanol–water partition coefficient (Wildman–Crippen LogP) is 2.84. The van der Waals surface area contributed by atoms with Crippen LogP contribution in [0.15, 0.2) is 44.0 Å². The number of rotatable bonds is 1. The lowest BCUT2D eigenvalue weighted by Gasteiger charge is -1.93. The smallest absolute Gasteiger partial charge is 0.122 e. The van der Waals surface area contributed by atoms with E-state index in [1.165, 1.54) is 0 Å². The van der Waals surface area contributed by atoms with Gasteiger partial charge in [-0.05, 0) is 6.07 Å². The van der Waals surface area contributed by atoms with Crippen LogP contribution in [0.4, 0.5) is 0 Å². The second-order valence-electron chi connectivity index (χ2n) is 1.76. The van der Waals surface area contributed by atoms with E-state index in [4.69, 9.17) is 5.11 Å². The molecule has 1 heteroatoms. The molecule has 0 heterocycles. The summed E-state index contributed by atoms with van der Waals surface area (Å²) in [7, 11) is 0.